The van der Waals surface area contributed by atoms with Crippen molar-refractivity contribution in [3.8, 4) is 0 Å². The van der Waals surface area contributed by atoms with E-state index in [0.717, 1.165) is 6.42 Å². The van der Waals surface area contributed by atoms with Crippen molar-refractivity contribution >= 4 is 16.7 Å². The Morgan fingerprint density at radius 3 is 2.55 bits per heavy atom. The van der Waals surface area contributed by atoms with E-state index in [1.165, 1.54) is 16.3 Å². The van der Waals surface area contributed by atoms with Gasteiger partial charge in [-0.3, -0.25) is 4.79 Å². The third-order valence-corrected chi connectivity index (χ3v) is 3.20. The van der Waals surface area contributed by atoms with E-state index in [1.54, 1.807) is 0 Å². The average molecular weight is 270 g/mol. The number of nitrogens with two attached hydrogens (primary N) is 1. The van der Waals surface area contributed by atoms with E-state index in [4.69, 9.17) is 5.73 Å². The molecule has 2 aromatic rings. The first-order chi connectivity index (χ1) is 9.44. The van der Waals surface area contributed by atoms with Crippen molar-refractivity contribution in [3.63, 3.8) is 0 Å². The summed E-state index contributed by atoms with van der Waals surface area (Å²) in [6.45, 7) is 4.30. The summed E-state index contributed by atoms with van der Waals surface area (Å²) in [5, 5.41) is 5.31. The number of amides is 1. The highest BCUT2D eigenvalue weighted by atomic mass is 16.1. The van der Waals surface area contributed by atoms with E-state index in [0.29, 0.717) is 13.0 Å². The molecule has 2 aromatic carbocycles. The molecule has 1 amide bonds. The second-order valence-electron chi connectivity index (χ2n) is 5.95. The quantitative estimate of drug-likeness (QED) is 0.877. The summed E-state index contributed by atoms with van der Waals surface area (Å²) in [5.41, 5.74) is 6.66. The Kier molecular flexibility index (Phi) is 4.40. The fraction of sp³-hybridized carbons (Fsp3) is 0.353. The second kappa shape index (κ2) is 6.06. The predicted molar refractivity (Wildman–Crippen MR) is 83.5 cm³/mol. The van der Waals surface area contributed by atoms with Gasteiger partial charge >= 0.3 is 0 Å². The molecule has 0 aliphatic heterocycles. The first kappa shape index (κ1) is 14.5. The summed E-state index contributed by atoms with van der Waals surface area (Å²) in [6, 6.07) is 14.6. The Balaban J connectivity index is 1.90. The number of rotatable bonds is 5. The van der Waals surface area contributed by atoms with Crippen LogP contribution in [0.5, 0.6) is 0 Å². The maximum atomic E-state index is 11.8. The highest BCUT2D eigenvalue weighted by Crippen LogP contribution is 2.16. The van der Waals surface area contributed by atoms with Crippen molar-refractivity contribution in [2.45, 2.75) is 32.2 Å². The smallest absolute Gasteiger partial charge is 0.220 e. The van der Waals surface area contributed by atoms with E-state index in [-0.39, 0.29) is 11.4 Å². The zero-order valence-corrected chi connectivity index (χ0v) is 12.1. The molecule has 0 saturated carbocycles. The lowest BCUT2D eigenvalue weighted by atomic mass is 10.0. The zero-order chi connectivity index (χ0) is 14.6. The Morgan fingerprint density at radius 2 is 1.85 bits per heavy atom. The maximum Gasteiger partial charge on any atom is 0.220 e. The number of benzene rings is 2. The lowest BCUT2D eigenvalue weighted by molar-refractivity contribution is -0.121. The first-order valence-electron chi connectivity index (χ1n) is 6.97. The van der Waals surface area contributed by atoms with Gasteiger partial charge in [-0.05, 0) is 36.6 Å². The van der Waals surface area contributed by atoms with Crippen LogP contribution in [0.1, 0.15) is 25.8 Å². The lowest BCUT2D eigenvalue weighted by Gasteiger charge is -2.18. The van der Waals surface area contributed by atoms with E-state index >= 15 is 0 Å². The van der Waals surface area contributed by atoms with Crippen LogP contribution < -0.4 is 11.1 Å². The number of fused-ring (bicyclic) bond motifs is 1. The van der Waals surface area contributed by atoms with Gasteiger partial charge in [0.25, 0.3) is 0 Å². The van der Waals surface area contributed by atoms with Crippen LogP contribution >= 0.6 is 0 Å². The molecule has 0 aromatic heterocycles. The average Bonchev–Trinajstić information content (AvgIpc) is 2.42. The second-order valence-corrected chi connectivity index (χ2v) is 5.95. The predicted octanol–water partition coefficient (Wildman–Crippen LogP) is 2.63. The van der Waals surface area contributed by atoms with Crippen LogP contribution in [-0.4, -0.2) is 18.0 Å². The Bertz CT molecular complexity index is 599. The molecule has 3 N–H and O–H groups in total. The summed E-state index contributed by atoms with van der Waals surface area (Å²) >= 11 is 0. The van der Waals surface area contributed by atoms with Crippen molar-refractivity contribution in [1.29, 1.82) is 0 Å². The summed E-state index contributed by atoms with van der Waals surface area (Å²) in [6.07, 6.45) is 1.25. The fourth-order valence-corrected chi connectivity index (χ4v) is 2.07. The molecule has 0 saturated heterocycles. The van der Waals surface area contributed by atoms with Gasteiger partial charge < -0.3 is 11.1 Å². The fourth-order valence-electron chi connectivity index (χ4n) is 2.07. The molecule has 0 atom stereocenters. The van der Waals surface area contributed by atoms with E-state index in [9.17, 15) is 4.79 Å². The van der Waals surface area contributed by atoms with Crippen LogP contribution in [0.4, 0.5) is 0 Å². The van der Waals surface area contributed by atoms with Crippen molar-refractivity contribution in [2.75, 3.05) is 6.54 Å². The number of carbonyl (C=O) groups is 1. The summed E-state index contributed by atoms with van der Waals surface area (Å²) in [7, 11) is 0. The zero-order valence-electron chi connectivity index (χ0n) is 12.1. The number of carbonyl (C=O) groups excluding carboxylic acids is 1. The molecule has 0 aliphatic rings. The number of nitrogens with one attached hydrogen (secondary N) is 1. The Hall–Kier alpha value is -1.87. The van der Waals surface area contributed by atoms with Gasteiger partial charge in [0.1, 0.15) is 0 Å². The van der Waals surface area contributed by atoms with Crippen LogP contribution in [0.25, 0.3) is 10.8 Å². The normalized spacial score (nSPS) is 11.6. The van der Waals surface area contributed by atoms with Gasteiger partial charge in [-0.15, -0.1) is 0 Å². The summed E-state index contributed by atoms with van der Waals surface area (Å²) in [4.78, 5) is 11.8. The highest BCUT2D eigenvalue weighted by molar-refractivity contribution is 5.83. The molecule has 3 nitrogen and oxygen atoms in total. The van der Waals surface area contributed by atoms with E-state index in [2.05, 4.69) is 35.6 Å². The minimum absolute atomic E-state index is 0.0525. The van der Waals surface area contributed by atoms with Crippen molar-refractivity contribution in [2.24, 2.45) is 5.73 Å². The molecule has 0 radical (unpaired) electrons. The van der Waals surface area contributed by atoms with E-state index in [1.807, 2.05) is 26.0 Å². The molecule has 106 valence electrons. The van der Waals surface area contributed by atoms with Crippen molar-refractivity contribution in [3.05, 3.63) is 48.0 Å². The molecule has 0 aliphatic carbocycles. The van der Waals surface area contributed by atoms with Crippen LogP contribution in [0.15, 0.2) is 42.5 Å². The van der Waals surface area contributed by atoms with Gasteiger partial charge in [0.15, 0.2) is 0 Å². The van der Waals surface area contributed by atoms with Gasteiger partial charge in [0, 0.05) is 18.5 Å². The third kappa shape index (κ3) is 4.35. The number of aryl methyl sites for hydroxylation is 1. The van der Waals surface area contributed by atoms with Gasteiger partial charge in [-0.25, -0.2) is 0 Å². The molecule has 0 spiro atoms. The number of hydrogen-bond acceptors (Lipinski definition) is 2. The molecule has 0 unspecified atom stereocenters. The largest absolute Gasteiger partial charge is 0.354 e. The molecule has 3 heteroatoms. The third-order valence-electron chi connectivity index (χ3n) is 3.20. The molecule has 20 heavy (non-hydrogen) atoms. The summed E-state index contributed by atoms with van der Waals surface area (Å²) < 4.78 is 0. The van der Waals surface area contributed by atoms with Crippen LogP contribution in [0.2, 0.25) is 0 Å². The SMILES string of the molecule is CC(C)(N)CNC(=O)CCc1ccc2ccccc2c1. The highest BCUT2D eigenvalue weighted by Gasteiger charge is 2.12. The van der Waals surface area contributed by atoms with Gasteiger partial charge in [0.05, 0.1) is 0 Å². The van der Waals surface area contributed by atoms with Crippen LogP contribution in [0.3, 0.4) is 0 Å². The maximum absolute atomic E-state index is 11.8. The van der Waals surface area contributed by atoms with Crippen LogP contribution in [0, 0.1) is 0 Å². The van der Waals surface area contributed by atoms with Gasteiger partial charge in [-0.2, -0.15) is 0 Å². The molecule has 2 rings (SSSR count). The van der Waals surface area contributed by atoms with Gasteiger partial charge in [0.2, 0.25) is 5.91 Å². The van der Waals surface area contributed by atoms with Crippen LogP contribution in [-0.2, 0) is 11.2 Å². The van der Waals surface area contributed by atoms with Gasteiger partial charge in [-0.1, -0.05) is 42.5 Å². The first-order valence-corrected chi connectivity index (χ1v) is 6.97. The summed E-state index contributed by atoms with van der Waals surface area (Å²) in [5.74, 6) is 0.0525. The topological polar surface area (TPSA) is 55.1 Å². The number of hydrogen-bond donors (Lipinski definition) is 2. The molecule has 0 fully saturated rings. The lowest BCUT2D eigenvalue weighted by Crippen LogP contribution is -2.45. The molecular formula is C17H22N2O. The molecular weight excluding hydrogens is 248 g/mol. The molecule has 0 heterocycles. The standard InChI is InChI=1S/C17H22N2O/c1-17(2,18)12-19-16(20)10-8-13-7-9-14-5-3-4-6-15(14)11-13/h3-7,9,11H,8,10,12,18H2,1-2H3,(H,19,20). The van der Waals surface area contributed by atoms with E-state index < -0.39 is 0 Å². The minimum Gasteiger partial charge on any atom is -0.354 e. The van der Waals surface area contributed by atoms with Crippen molar-refractivity contribution in [1.82, 2.24) is 5.32 Å². The monoisotopic (exact) mass is 270 g/mol. The Morgan fingerprint density at radius 1 is 1.15 bits per heavy atom. The minimum atomic E-state index is -0.362. The Labute approximate surface area is 120 Å². The molecule has 0 bridgehead atoms. The van der Waals surface area contributed by atoms with Crippen molar-refractivity contribution < 1.29 is 4.79 Å².